The van der Waals surface area contributed by atoms with E-state index in [1.165, 1.54) is 24.3 Å². The average molecular weight is 462 g/mol. The van der Waals surface area contributed by atoms with Gasteiger partial charge in [-0.1, -0.05) is 11.6 Å². The van der Waals surface area contributed by atoms with Crippen LogP contribution in [0.4, 0.5) is 16.2 Å². The minimum atomic E-state index is -0.681. The summed E-state index contributed by atoms with van der Waals surface area (Å²) in [6.07, 6.45) is 1.30. The van der Waals surface area contributed by atoms with Gasteiger partial charge in [-0.25, -0.2) is 0 Å². The Bertz CT molecular complexity index is 1090. The lowest BCUT2D eigenvalue weighted by atomic mass is 10.2. The minimum Gasteiger partial charge on any atom is -0.494 e. The molecule has 1 N–H and O–H groups in total. The van der Waals surface area contributed by atoms with Crippen LogP contribution >= 0.6 is 23.4 Å². The maximum atomic E-state index is 12.6. The first kappa shape index (κ1) is 22.3. The summed E-state index contributed by atoms with van der Waals surface area (Å²) in [5.41, 5.74) is 0.504. The number of halogens is 1. The molecule has 1 heterocycles. The molecule has 160 valence electrons. The van der Waals surface area contributed by atoms with Crippen molar-refractivity contribution in [2.45, 2.75) is 6.92 Å². The molecule has 0 aromatic heterocycles. The quantitative estimate of drug-likeness (QED) is 0.370. The van der Waals surface area contributed by atoms with E-state index < -0.39 is 28.5 Å². The van der Waals surface area contributed by atoms with Gasteiger partial charge in [0.25, 0.3) is 16.8 Å². The second kappa shape index (κ2) is 9.63. The van der Waals surface area contributed by atoms with Crippen LogP contribution in [0.5, 0.6) is 5.75 Å². The Morgan fingerprint density at radius 1 is 1.26 bits per heavy atom. The van der Waals surface area contributed by atoms with E-state index in [-0.39, 0.29) is 21.2 Å². The third-order valence-electron chi connectivity index (χ3n) is 4.10. The molecule has 0 atom stereocenters. The van der Waals surface area contributed by atoms with Crippen LogP contribution in [0, 0.1) is 10.1 Å². The van der Waals surface area contributed by atoms with Gasteiger partial charge in [0, 0.05) is 28.4 Å². The number of carbonyl (C=O) groups is 3. The van der Waals surface area contributed by atoms with Crippen LogP contribution in [0.2, 0.25) is 5.02 Å². The first-order valence-electron chi connectivity index (χ1n) is 9.00. The summed E-state index contributed by atoms with van der Waals surface area (Å²) in [7, 11) is 0. The van der Waals surface area contributed by atoms with Crippen LogP contribution in [0.1, 0.15) is 12.5 Å². The van der Waals surface area contributed by atoms with Crippen LogP contribution in [0.25, 0.3) is 6.08 Å². The number of non-ortho nitro benzene ring substituents is 1. The molecule has 0 spiro atoms. The monoisotopic (exact) mass is 461 g/mol. The Kier molecular flexibility index (Phi) is 6.93. The molecule has 0 unspecified atom stereocenters. The third kappa shape index (κ3) is 5.41. The van der Waals surface area contributed by atoms with E-state index in [0.717, 1.165) is 4.90 Å². The maximum absolute atomic E-state index is 12.6. The Balaban J connectivity index is 1.70. The zero-order chi connectivity index (χ0) is 22.5. The predicted molar refractivity (Wildman–Crippen MR) is 117 cm³/mol. The number of hydrogen-bond donors (Lipinski definition) is 1. The molecule has 31 heavy (non-hydrogen) atoms. The molecule has 2 aromatic rings. The van der Waals surface area contributed by atoms with Gasteiger partial charge in [0.05, 0.1) is 16.4 Å². The van der Waals surface area contributed by atoms with Gasteiger partial charge in [-0.2, -0.15) is 0 Å². The molecular formula is C20H16ClN3O6S. The van der Waals surface area contributed by atoms with Crippen molar-refractivity contribution in [1.29, 1.82) is 0 Å². The Morgan fingerprint density at radius 2 is 1.97 bits per heavy atom. The SMILES string of the molecule is CCOc1ccc(NC(=O)CN2C(=O)S/C(=C/c3cc([N+](=O)[O-])ccc3Cl)C2=O)cc1. The highest BCUT2D eigenvalue weighted by Crippen LogP contribution is 2.34. The van der Waals surface area contributed by atoms with Crippen LogP contribution < -0.4 is 10.1 Å². The fraction of sp³-hybridized carbons (Fsp3) is 0.150. The highest BCUT2D eigenvalue weighted by Gasteiger charge is 2.36. The van der Waals surface area contributed by atoms with E-state index >= 15 is 0 Å². The summed E-state index contributed by atoms with van der Waals surface area (Å²) in [4.78, 5) is 48.3. The lowest BCUT2D eigenvalue weighted by molar-refractivity contribution is -0.384. The number of nitrogens with zero attached hydrogens (tertiary/aromatic N) is 2. The lowest BCUT2D eigenvalue weighted by Gasteiger charge is -2.12. The Morgan fingerprint density at radius 3 is 2.61 bits per heavy atom. The lowest BCUT2D eigenvalue weighted by Crippen LogP contribution is -2.36. The summed E-state index contributed by atoms with van der Waals surface area (Å²) >= 11 is 6.67. The number of carbonyl (C=O) groups excluding carboxylic acids is 3. The second-order valence-electron chi connectivity index (χ2n) is 6.24. The predicted octanol–water partition coefficient (Wildman–Crippen LogP) is 4.32. The van der Waals surface area contributed by atoms with Crippen LogP contribution in [-0.2, 0) is 9.59 Å². The van der Waals surface area contributed by atoms with Gasteiger partial charge < -0.3 is 10.1 Å². The first-order chi connectivity index (χ1) is 14.8. The van der Waals surface area contributed by atoms with Crippen molar-refractivity contribution in [1.82, 2.24) is 4.90 Å². The van der Waals surface area contributed by atoms with Gasteiger partial charge >= 0.3 is 0 Å². The van der Waals surface area contributed by atoms with Crippen LogP contribution in [0.15, 0.2) is 47.4 Å². The van der Waals surface area contributed by atoms with Crippen molar-refractivity contribution < 1.29 is 24.0 Å². The van der Waals surface area contributed by atoms with Gasteiger partial charge in [-0.15, -0.1) is 0 Å². The van der Waals surface area contributed by atoms with Crippen molar-refractivity contribution in [2.75, 3.05) is 18.5 Å². The van der Waals surface area contributed by atoms with Crippen molar-refractivity contribution >= 4 is 57.9 Å². The smallest absolute Gasteiger partial charge is 0.294 e. The molecular weight excluding hydrogens is 446 g/mol. The number of benzene rings is 2. The number of amides is 3. The zero-order valence-electron chi connectivity index (χ0n) is 16.2. The molecule has 1 saturated heterocycles. The van der Waals surface area contributed by atoms with Crippen molar-refractivity contribution in [3.05, 3.63) is 68.1 Å². The molecule has 3 rings (SSSR count). The van der Waals surface area contributed by atoms with Crippen LogP contribution in [0.3, 0.4) is 0 Å². The van der Waals surface area contributed by atoms with E-state index in [1.807, 2.05) is 6.92 Å². The highest BCUT2D eigenvalue weighted by molar-refractivity contribution is 8.18. The van der Waals surface area contributed by atoms with E-state index in [1.54, 1.807) is 24.3 Å². The average Bonchev–Trinajstić information content (AvgIpc) is 2.98. The molecule has 9 nitrogen and oxygen atoms in total. The summed E-state index contributed by atoms with van der Waals surface area (Å²) in [6.45, 7) is 1.89. The number of ether oxygens (including phenoxy) is 1. The number of nitro benzene ring substituents is 1. The van der Waals surface area contributed by atoms with Crippen molar-refractivity contribution in [3.8, 4) is 5.75 Å². The molecule has 1 aliphatic rings. The summed E-state index contributed by atoms with van der Waals surface area (Å²) in [6, 6.07) is 10.4. The molecule has 1 fully saturated rings. The van der Waals surface area contributed by atoms with Crippen molar-refractivity contribution in [3.63, 3.8) is 0 Å². The molecule has 1 aliphatic heterocycles. The van der Waals surface area contributed by atoms with Crippen LogP contribution in [-0.4, -0.2) is 40.0 Å². The molecule has 0 aliphatic carbocycles. The molecule has 11 heteroatoms. The topological polar surface area (TPSA) is 119 Å². The summed E-state index contributed by atoms with van der Waals surface area (Å²) < 4.78 is 5.33. The van der Waals surface area contributed by atoms with Gasteiger partial charge in [-0.05, 0) is 55.1 Å². The Labute approximate surface area is 186 Å². The van der Waals surface area contributed by atoms with Gasteiger partial charge in [-0.3, -0.25) is 29.4 Å². The second-order valence-corrected chi connectivity index (χ2v) is 7.64. The van der Waals surface area contributed by atoms with E-state index in [0.29, 0.717) is 29.8 Å². The number of nitro groups is 1. The molecule has 0 bridgehead atoms. The van der Waals surface area contributed by atoms with Gasteiger partial charge in [0.2, 0.25) is 5.91 Å². The molecule has 3 amide bonds. The minimum absolute atomic E-state index is 0.0151. The standard InChI is InChI=1S/C20H16ClN3O6S/c1-2-30-15-6-3-13(4-7-15)22-18(25)11-23-19(26)17(31-20(23)27)10-12-9-14(24(28)29)5-8-16(12)21/h3-10H,2,11H2,1H3,(H,22,25)/b17-10+. The Hall–Kier alpha value is -3.37. The number of anilines is 1. The van der Waals surface area contributed by atoms with Gasteiger partial charge in [0.15, 0.2) is 0 Å². The molecule has 2 aromatic carbocycles. The number of imide groups is 1. The van der Waals surface area contributed by atoms with E-state index in [2.05, 4.69) is 5.32 Å². The van der Waals surface area contributed by atoms with E-state index in [9.17, 15) is 24.5 Å². The maximum Gasteiger partial charge on any atom is 0.294 e. The zero-order valence-corrected chi connectivity index (χ0v) is 17.7. The molecule has 0 saturated carbocycles. The van der Waals surface area contributed by atoms with Gasteiger partial charge in [0.1, 0.15) is 12.3 Å². The van der Waals surface area contributed by atoms with Crippen molar-refractivity contribution in [2.24, 2.45) is 0 Å². The summed E-state index contributed by atoms with van der Waals surface area (Å²) in [5.74, 6) is -0.586. The number of hydrogen-bond acceptors (Lipinski definition) is 7. The third-order valence-corrected chi connectivity index (χ3v) is 5.35. The fourth-order valence-corrected chi connectivity index (χ4v) is 3.68. The number of thioether (sulfide) groups is 1. The first-order valence-corrected chi connectivity index (χ1v) is 10.2. The highest BCUT2D eigenvalue weighted by atomic mass is 35.5. The fourth-order valence-electron chi connectivity index (χ4n) is 2.68. The normalized spacial score (nSPS) is 14.8. The summed E-state index contributed by atoms with van der Waals surface area (Å²) in [5, 5.41) is 13.1. The number of rotatable bonds is 7. The largest absolute Gasteiger partial charge is 0.494 e. The van der Waals surface area contributed by atoms with E-state index in [4.69, 9.17) is 16.3 Å². The number of nitrogens with one attached hydrogen (secondary N) is 1. The molecule has 0 radical (unpaired) electrons.